The number of benzene rings is 1. The van der Waals surface area contributed by atoms with Gasteiger partial charge in [0.15, 0.2) is 0 Å². The molecule has 0 spiro atoms. The average Bonchev–Trinajstić information content (AvgIpc) is 2.27. The molecule has 1 N–H and O–H groups in total. The van der Waals surface area contributed by atoms with E-state index in [1.165, 1.54) is 11.6 Å². The van der Waals surface area contributed by atoms with Gasteiger partial charge < -0.3 is 5.32 Å². The molecule has 1 heterocycles. The van der Waals surface area contributed by atoms with Crippen LogP contribution in [0.3, 0.4) is 0 Å². The molecule has 0 fully saturated rings. The van der Waals surface area contributed by atoms with Gasteiger partial charge in [-0.3, -0.25) is 0 Å². The van der Waals surface area contributed by atoms with Gasteiger partial charge in [0.25, 0.3) is 0 Å². The third-order valence-electron chi connectivity index (χ3n) is 2.16. The highest BCUT2D eigenvalue weighted by atomic mass is 79.9. The lowest BCUT2D eigenvalue weighted by atomic mass is 10.0. The van der Waals surface area contributed by atoms with Gasteiger partial charge in [-0.15, -0.1) is 0 Å². The Labute approximate surface area is 92.8 Å². The normalized spacial score (nSPS) is 14.0. The molecule has 2 rings (SSSR count). The van der Waals surface area contributed by atoms with Crippen LogP contribution in [0, 0.1) is 5.82 Å². The lowest BCUT2D eigenvalue weighted by Gasteiger charge is -2.18. The minimum atomic E-state index is -0.157. The Hall–Kier alpha value is -0.410. The second-order valence-corrected chi connectivity index (χ2v) is 3.72. The first-order valence-electron chi connectivity index (χ1n) is 4.95. The van der Waals surface area contributed by atoms with Crippen molar-refractivity contribution >= 4 is 15.9 Å². The highest BCUT2D eigenvalue weighted by Crippen LogP contribution is 2.26. The molecule has 1 aliphatic heterocycles. The van der Waals surface area contributed by atoms with E-state index >= 15 is 0 Å². The summed E-state index contributed by atoms with van der Waals surface area (Å²) in [6, 6.07) is 3.36. The van der Waals surface area contributed by atoms with Gasteiger partial charge in [0, 0.05) is 6.54 Å². The Morgan fingerprint density at radius 2 is 2.07 bits per heavy atom. The summed E-state index contributed by atoms with van der Waals surface area (Å²) in [5, 5.41) is 3.24. The largest absolute Gasteiger partial charge is 0.312 e. The van der Waals surface area contributed by atoms with Crippen LogP contribution in [0.1, 0.15) is 25.0 Å². The fraction of sp³-hybridized carbons (Fsp3) is 0.455. The van der Waals surface area contributed by atoms with Crippen LogP contribution in [-0.2, 0) is 13.0 Å². The van der Waals surface area contributed by atoms with Crippen LogP contribution in [0.25, 0.3) is 0 Å². The molecule has 0 saturated heterocycles. The summed E-state index contributed by atoms with van der Waals surface area (Å²) in [7, 11) is 0. The first-order valence-corrected chi connectivity index (χ1v) is 5.75. The van der Waals surface area contributed by atoms with Gasteiger partial charge in [-0.25, -0.2) is 4.39 Å². The maximum absolute atomic E-state index is 13.0. The number of fused-ring (bicyclic) bond motifs is 1. The zero-order valence-electron chi connectivity index (χ0n) is 8.53. The Kier molecular flexibility index (Phi) is 4.55. The zero-order valence-corrected chi connectivity index (χ0v) is 10.1. The van der Waals surface area contributed by atoms with Crippen molar-refractivity contribution in [2.24, 2.45) is 0 Å². The number of nitrogens with one attached hydrogen (secondary N) is 1. The van der Waals surface area contributed by atoms with Crippen molar-refractivity contribution in [2.75, 3.05) is 6.54 Å². The Morgan fingerprint density at radius 1 is 1.36 bits per heavy atom. The monoisotopic (exact) mass is 259 g/mol. The lowest BCUT2D eigenvalue weighted by molar-refractivity contribution is 0.598. The SMILES string of the molecule is CC.Fc1ccc2c(c1Br)CCNC2. The van der Waals surface area contributed by atoms with Crippen molar-refractivity contribution in [1.29, 1.82) is 0 Å². The van der Waals surface area contributed by atoms with E-state index in [0.717, 1.165) is 25.1 Å². The van der Waals surface area contributed by atoms with E-state index in [1.807, 2.05) is 19.9 Å². The molecule has 1 aliphatic rings. The molecule has 0 radical (unpaired) electrons. The van der Waals surface area contributed by atoms with Gasteiger partial charge in [-0.1, -0.05) is 19.9 Å². The molecule has 1 nitrogen and oxygen atoms in total. The standard InChI is InChI=1S/C9H9BrFN.C2H6/c10-9-7-3-4-12-5-6(7)1-2-8(9)11;1-2/h1-2,12H,3-5H2;1-2H3. The van der Waals surface area contributed by atoms with E-state index in [-0.39, 0.29) is 5.82 Å². The zero-order chi connectivity index (χ0) is 10.6. The van der Waals surface area contributed by atoms with E-state index in [0.29, 0.717) is 4.47 Å². The maximum atomic E-state index is 13.0. The molecule has 0 bridgehead atoms. The van der Waals surface area contributed by atoms with E-state index in [1.54, 1.807) is 0 Å². The van der Waals surface area contributed by atoms with Crippen LogP contribution in [0.5, 0.6) is 0 Å². The minimum absolute atomic E-state index is 0.157. The van der Waals surface area contributed by atoms with Gasteiger partial charge in [-0.05, 0) is 46.1 Å². The van der Waals surface area contributed by atoms with Crippen LogP contribution in [-0.4, -0.2) is 6.54 Å². The van der Waals surface area contributed by atoms with Crippen molar-refractivity contribution in [3.8, 4) is 0 Å². The summed E-state index contributed by atoms with van der Waals surface area (Å²) in [5.41, 5.74) is 2.32. The third-order valence-corrected chi connectivity index (χ3v) is 3.02. The summed E-state index contributed by atoms with van der Waals surface area (Å²) in [4.78, 5) is 0. The first kappa shape index (κ1) is 11.7. The second kappa shape index (κ2) is 5.47. The molecule has 0 atom stereocenters. The van der Waals surface area contributed by atoms with E-state index < -0.39 is 0 Å². The average molecular weight is 260 g/mol. The van der Waals surface area contributed by atoms with E-state index in [2.05, 4.69) is 21.2 Å². The van der Waals surface area contributed by atoms with Crippen molar-refractivity contribution in [2.45, 2.75) is 26.8 Å². The first-order chi connectivity index (χ1) is 6.79. The maximum Gasteiger partial charge on any atom is 0.137 e. The van der Waals surface area contributed by atoms with Gasteiger partial charge in [0.1, 0.15) is 5.82 Å². The smallest absolute Gasteiger partial charge is 0.137 e. The second-order valence-electron chi connectivity index (χ2n) is 2.93. The molecule has 0 saturated carbocycles. The van der Waals surface area contributed by atoms with Crippen LogP contribution in [0.4, 0.5) is 4.39 Å². The van der Waals surface area contributed by atoms with Crippen LogP contribution >= 0.6 is 15.9 Å². The molecule has 78 valence electrons. The molecule has 1 aromatic carbocycles. The Bertz CT molecular complexity index is 312. The van der Waals surface area contributed by atoms with Gasteiger partial charge in [0.2, 0.25) is 0 Å². The summed E-state index contributed by atoms with van der Waals surface area (Å²) in [5.74, 6) is -0.157. The topological polar surface area (TPSA) is 12.0 Å². The number of rotatable bonds is 0. The quantitative estimate of drug-likeness (QED) is 0.755. The summed E-state index contributed by atoms with van der Waals surface area (Å²) in [6.45, 7) is 5.79. The molecule has 0 amide bonds. The van der Waals surface area contributed by atoms with Crippen molar-refractivity contribution in [3.05, 3.63) is 33.5 Å². The van der Waals surface area contributed by atoms with Crippen LogP contribution < -0.4 is 5.32 Å². The van der Waals surface area contributed by atoms with E-state index in [9.17, 15) is 4.39 Å². The molecular formula is C11H15BrFN. The van der Waals surface area contributed by atoms with Crippen LogP contribution in [0.2, 0.25) is 0 Å². The highest BCUT2D eigenvalue weighted by Gasteiger charge is 2.13. The van der Waals surface area contributed by atoms with Gasteiger partial charge in [-0.2, -0.15) is 0 Å². The summed E-state index contributed by atoms with van der Waals surface area (Å²) in [6.07, 6.45) is 0.910. The third kappa shape index (κ3) is 2.34. The number of halogens is 2. The molecule has 1 aromatic rings. The molecule has 3 heteroatoms. The molecule has 0 aromatic heterocycles. The predicted molar refractivity (Wildman–Crippen MR) is 60.9 cm³/mol. The predicted octanol–water partition coefficient (Wildman–Crippen LogP) is 3.26. The Balaban J connectivity index is 0.000000461. The molecule has 14 heavy (non-hydrogen) atoms. The van der Waals surface area contributed by atoms with Gasteiger partial charge in [0.05, 0.1) is 4.47 Å². The van der Waals surface area contributed by atoms with Crippen molar-refractivity contribution in [1.82, 2.24) is 5.32 Å². The Morgan fingerprint density at radius 3 is 2.79 bits per heavy atom. The molecule has 0 aliphatic carbocycles. The van der Waals surface area contributed by atoms with E-state index in [4.69, 9.17) is 0 Å². The van der Waals surface area contributed by atoms with Crippen LogP contribution in [0.15, 0.2) is 16.6 Å². The summed E-state index contributed by atoms with van der Waals surface area (Å²) < 4.78 is 13.7. The number of hydrogen-bond acceptors (Lipinski definition) is 1. The fourth-order valence-electron chi connectivity index (χ4n) is 1.50. The lowest BCUT2D eigenvalue weighted by Crippen LogP contribution is -2.24. The minimum Gasteiger partial charge on any atom is -0.312 e. The van der Waals surface area contributed by atoms with Crippen molar-refractivity contribution in [3.63, 3.8) is 0 Å². The fourth-order valence-corrected chi connectivity index (χ4v) is 2.09. The summed E-state index contributed by atoms with van der Waals surface area (Å²) >= 11 is 3.26. The molecule has 0 unspecified atom stereocenters. The van der Waals surface area contributed by atoms with Gasteiger partial charge >= 0.3 is 0 Å². The number of hydrogen-bond donors (Lipinski definition) is 1. The molecular weight excluding hydrogens is 245 g/mol. The van der Waals surface area contributed by atoms with Crippen molar-refractivity contribution < 1.29 is 4.39 Å². The highest BCUT2D eigenvalue weighted by molar-refractivity contribution is 9.10.